The van der Waals surface area contributed by atoms with E-state index in [0.717, 1.165) is 0 Å². The van der Waals surface area contributed by atoms with Crippen molar-refractivity contribution in [3.63, 3.8) is 0 Å². The molecule has 0 aliphatic carbocycles. The van der Waals surface area contributed by atoms with E-state index in [4.69, 9.17) is 4.74 Å². The summed E-state index contributed by atoms with van der Waals surface area (Å²) in [6.07, 6.45) is 0.531. The van der Waals surface area contributed by atoms with Gasteiger partial charge in [0.05, 0.1) is 11.5 Å². The highest BCUT2D eigenvalue weighted by molar-refractivity contribution is 7.89. The first-order valence-electron chi connectivity index (χ1n) is 6.63. The maximum atomic E-state index is 12.0. The molecule has 1 rings (SSSR count). The Morgan fingerprint density at radius 3 is 2.33 bits per heavy atom. The van der Waals surface area contributed by atoms with Gasteiger partial charge in [-0.1, -0.05) is 12.1 Å². The van der Waals surface area contributed by atoms with E-state index in [0.29, 0.717) is 18.6 Å². The molecule has 1 N–H and O–H groups in total. The number of sulfonamides is 1. The van der Waals surface area contributed by atoms with Crippen molar-refractivity contribution >= 4 is 21.8 Å². The molecule has 7 heteroatoms. The van der Waals surface area contributed by atoms with Crippen LogP contribution in [0.1, 0.15) is 37.0 Å². The maximum Gasteiger partial charge on any atom is 0.305 e. The van der Waals surface area contributed by atoms with Gasteiger partial charge in [0.15, 0.2) is 5.78 Å². The lowest BCUT2D eigenvalue weighted by molar-refractivity contribution is -0.143. The van der Waals surface area contributed by atoms with E-state index in [1.807, 2.05) is 0 Å². The summed E-state index contributed by atoms with van der Waals surface area (Å²) >= 11 is 0. The highest BCUT2D eigenvalue weighted by atomic mass is 32.2. The predicted octanol–water partition coefficient (Wildman–Crippen LogP) is 1.51. The molecule has 21 heavy (non-hydrogen) atoms. The Labute approximate surface area is 124 Å². The molecular formula is C14H19NO5S. The van der Waals surface area contributed by atoms with Crippen LogP contribution in [-0.4, -0.2) is 33.3 Å². The highest BCUT2D eigenvalue weighted by Gasteiger charge is 2.14. The Morgan fingerprint density at radius 1 is 1.19 bits per heavy atom. The average Bonchev–Trinajstić information content (AvgIpc) is 2.44. The zero-order valence-corrected chi connectivity index (χ0v) is 12.9. The summed E-state index contributed by atoms with van der Waals surface area (Å²) in [6.45, 7) is 3.59. The second-order valence-electron chi connectivity index (χ2n) is 4.39. The lowest BCUT2D eigenvalue weighted by Crippen LogP contribution is -2.25. The Morgan fingerprint density at radius 2 is 1.81 bits per heavy atom. The number of rotatable bonds is 8. The third-order valence-corrected chi connectivity index (χ3v) is 4.20. The minimum atomic E-state index is -3.63. The number of hydrogen-bond acceptors (Lipinski definition) is 5. The Kier molecular flexibility index (Phi) is 6.51. The summed E-state index contributed by atoms with van der Waals surface area (Å²) < 4.78 is 31.1. The van der Waals surface area contributed by atoms with Crippen molar-refractivity contribution in [2.45, 2.75) is 31.6 Å². The molecule has 0 saturated carbocycles. The van der Waals surface area contributed by atoms with Crippen molar-refractivity contribution in [2.24, 2.45) is 0 Å². The molecule has 6 nitrogen and oxygen atoms in total. The van der Waals surface area contributed by atoms with Gasteiger partial charge in [0.25, 0.3) is 0 Å². The molecule has 0 amide bonds. The van der Waals surface area contributed by atoms with Crippen LogP contribution in [0.2, 0.25) is 0 Å². The van der Waals surface area contributed by atoms with Crippen LogP contribution in [0.3, 0.4) is 0 Å². The molecule has 0 fully saturated rings. The van der Waals surface area contributed by atoms with E-state index < -0.39 is 10.0 Å². The largest absolute Gasteiger partial charge is 0.466 e. The van der Waals surface area contributed by atoms with Gasteiger partial charge >= 0.3 is 5.97 Å². The SMILES string of the molecule is CCOC(=O)CCCNS(=O)(=O)c1ccc(C(C)=O)cc1. The van der Waals surface area contributed by atoms with E-state index >= 15 is 0 Å². The van der Waals surface area contributed by atoms with Crippen molar-refractivity contribution in [3.8, 4) is 0 Å². The summed E-state index contributed by atoms with van der Waals surface area (Å²) in [5.74, 6) is -0.469. The van der Waals surface area contributed by atoms with E-state index in [2.05, 4.69) is 4.72 Å². The fourth-order valence-electron chi connectivity index (χ4n) is 1.62. The number of hydrogen-bond donors (Lipinski definition) is 1. The minimum Gasteiger partial charge on any atom is -0.466 e. The number of nitrogens with one attached hydrogen (secondary N) is 1. The number of ether oxygens (including phenoxy) is 1. The molecule has 0 heterocycles. The van der Waals surface area contributed by atoms with E-state index in [-0.39, 0.29) is 29.6 Å². The first-order valence-corrected chi connectivity index (χ1v) is 8.11. The molecule has 0 radical (unpaired) electrons. The zero-order valence-electron chi connectivity index (χ0n) is 12.1. The predicted molar refractivity (Wildman–Crippen MR) is 77.5 cm³/mol. The van der Waals surface area contributed by atoms with Crippen molar-refractivity contribution in [1.29, 1.82) is 0 Å². The standard InChI is InChI=1S/C14H19NO5S/c1-3-20-14(17)5-4-10-15-21(18,19)13-8-6-12(7-9-13)11(2)16/h6-9,15H,3-5,10H2,1-2H3. The maximum absolute atomic E-state index is 12.0. The monoisotopic (exact) mass is 313 g/mol. The van der Waals surface area contributed by atoms with Crippen LogP contribution in [0.25, 0.3) is 0 Å². The summed E-state index contributed by atoms with van der Waals surface area (Å²) in [5.41, 5.74) is 0.455. The molecule has 0 aromatic heterocycles. The van der Waals surface area contributed by atoms with E-state index in [1.165, 1.54) is 31.2 Å². The fourth-order valence-corrected chi connectivity index (χ4v) is 2.70. The number of Topliss-reactive ketones (excluding diaryl/α,β-unsaturated/α-hetero) is 1. The minimum absolute atomic E-state index is 0.0867. The van der Waals surface area contributed by atoms with Gasteiger partial charge in [-0.3, -0.25) is 9.59 Å². The Hall–Kier alpha value is -1.73. The summed E-state index contributed by atoms with van der Waals surface area (Å²) in [5, 5.41) is 0. The fraction of sp³-hybridized carbons (Fsp3) is 0.429. The smallest absolute Gasteiger partial charge is 0.305 e. The van der Waals surface area contributed by atoms with Crippen LogP contribution < -0.4 is 4.72 Å². The van der Waals surface area contributed by atoms with Gasteiger partial charge in [-0.15, -0.1) is 0 Å². The summed E-state index contributed by atoms with van der Waals surface area (Å²) in [6, 6.07) is 5.69. The van der Waals surface area contributed by atoms with Gasteiger partial charge in [0.2, 0.25) is 10.0 Å². The average molecular weight is 313 g/mol. The third-order valence-electron chi connectivity index (χ3n) is 2.73. The van der Waals surface area contributed by atoms with Gasteiger partial charge in [0, 0.05) is 18.5 Å². The quantitative estimate of drug-likeness (QED) is 0.446. The van der Waals surface area contributed by atoms with E-state index in [9.17, 15) is 18.0 Å². The first kappa shape index (κ1) is 17.3. The molecule has 0 spiro atoms. The highest BCUT2D eigenvalue weighted by Crippen LogP contribution is 2.11. The number of carbonyl (C=O) groups excluding carboxylic acids is 2. The lowest BCUT2D eigenvalue weighted by atomic mass is 10.2. The van der Waals surface area contributed by atoms with Gasteiger partial charge in [-0.05, 0) is 32.4 Å². The first-order chi connectivity index (χ1) is 9.86. The number of benzene rings is 1. The lowest BCUT2D eigenvalue weighted by Gasteiger charge is -2.07. The third kappa shape index (κ3) is 5.65. The van der Waals surface area contributed by atoms with Crippen molar-refractivity contribution in [1.82, 2.24) is 4.72 Å². The number of ketones is 1. The number of esters is 1. The molecule has 0 aliphatic rings. The number of carbonyl (C=O) groups is 2. The Balaban J connectivity index is 2.53. The van der Waals surface area contributed by atoms with Crippen LogP contribution in [-0.2, 0) is 19.6 Å². The topological polar surface area (TPSA) is 89.5 Å². The second kappa shape index (κ2) is 7.90. The molecule has 0 unspecified atom stereocenters. The van der Waals surface area contributed by atoms with Crippen LogP contribution >= 0.6 is 0 Å². The second-order valence-corrected chi connectivity index (χ2v) is 6.15. The van der Waals surface area contributed by atoms with E-state index in [1.54, 1.807) is 6.92 Å². The van der Waals surface area contributed by atoms with Crippen LogP contribution in [0.15, 0.2) is 29.2 Å². The molecule has 0 atom stereocenters. The molecule has 1 aromatic rings. The molecule has 0 bridgehead atoms. The molecular weight excluding hydrogens is 294 g/mol. The van der Waals surface area contributed by atoms with Gasteiger partial charge < -0.3 is 4.74 Å². The van der Waals surface area contributed by atoms with Gasteiger partial charge in [-0.25, -0.2) is 13.1 Å². The van der Waals surface area contributed by atoms with Crippen molar-refractivity contribution in [2.75, 3.05) is 13.2 Å². The van der Waals surface area contributed by atoms with Crippen molar-refractivity contribution in [3.05, 3.63) is 29.8 Å². The zero-order chi connectivity index (χ0) is 15.9. The normalized spacial score (nSPS) is 11.1. The molecule has 0 aliphatic heterocycles. The molecule has 1 aromatic carbocycles. The Bertz CT molecular complexity index is 592. The van der Waals surface area contributed by atoms with Crippen molar-refractivity contribution < 1.29 is 22.7 Å². The van der Waals surface area contributed by atoms with Crippen LogP contribution in [0.5, 0.6) is 0 Å². The van der Waals surface area contributed by atoms with Gasteiger partial charge in [0.1, 0.15) is 0 Å². The summed E-state index contributed by atoms with van der Waals surface area (Å²) in [4.78, 5) is 22.3. The van der Waals surface area contributed by atoms with Crippen LogP contribution in [0.4, 0.5) is 0 Å². The molecule has 116 valence electrons. The van der Waals surface area contributed by atoms with Crippen LogP contribution in [0, 0.1) is 0 Å². The molecule has 0 saturated heterocycles. The summed E-state index contributed by atoms with van der Waals surface area (Å²) in [7, 11) is -3.63. The van der Waals surface area contributed by atoms with Gasteiger partial charge in [-0.2, -0.15) is 0 Å².